The topological polar surface area (TPSA) is 71.2 Å². The van der Waals surface area contributed by atoms with E-state index in [1.165, 1.54) is 0 Å². The highest BCUT2D eigenvalue weighted by molar-refractivity contribution is 5.83. The molecule has 0 bridgehead atoms. The van der Waals surface area contributed by atoms with Crippen LogP contribution in [0.5, 0.6) is 0 Å². The SMILES string of the molecule is CC(C)(C)OC(=O)NC(C=O)CCc1c[nH]c2ccccc12. The summed E-state index contributed by atoms with van der Waals surface area (Å²) in [4.78, 5) is 26.1. The number of fused-ring (bicyclic) bond motifs is 1. The first kappa shape index (κ1) is 16.1. The van der Waals surface area contributed by atoms with Gasteiger partial charge < -0.3 is 19.8 Å². The minimum atomic E-state index is -0.575. The minimum absolute atomic E-state index is 0.532. The summed E-state index contributed by atoms with van der Waals surface area (Å²) in [5, 5.41) is 3.74. The van der Waals surface area contributed by atoms with Gasteiger partial charge in [0.2, 0.25) is 0 Å². The van der Waals surface area contributed by atoms with Crippen molar-refractivity contribution in [2.45, 2.75) is 45.3 Å². The molecule has 1 atom stereocenters. The van der Waals surface area contributed by atoms with Crippen LogP contribution in [0.2, 0.25) is 0 Å². The van der Waals surface area contributed by atoms with Crippen LogP contribution in [0, 0.1) is 0 Å². The molecule has 0 saturated heterocycles. The number of rotatable bonds is 5. The second-order valence-electron chi connectivity index (χ2n) is 6.29. The smallest absolute Gasteiger partial charge is 0.408 e. The third kappa shape index (κ3) is 4.35. The predicted molar refractivity (Wildman–Crippen MR) is 85.8 cm³/mol. The van der Waals surface area contributed by atoms with Crippen LogP contribution in [-0.2, 0) is 16.0 Å². The van der Waals surface area contributed by atoms with Crippen LogP contribution in [0.4, 0.5) is 4.79 Å². The molecule has 0 radical (unpaired) electrons. The highest BCUT2D eigenvalue weighted by atomic mass is 16.6. The molecule has 0 spiro atoms. The third-order valence-electron chi connectivity index (χ3n) is 3.27. The largest absolute Gasteiger partial charge is 0.444 e. The van der Waals surface area contributed by atoms with Gasteiger partial charge in [-0.1, -0.05) is 18.2 Å². The summed E-state index contributed by atoms with van der Waals surface area (Å²) in [5.41, 5.74) is 1.63. The van der Waals surface area contributed by atoms with Gasteiger partial charge in [-0.3, -0.25) is 0 Å². The lowest BCUT2D eigenvalue weighted by Crippen LogP contribution is -2.40. The predicted octanol–water partition coefficient (Wildman–Crippen LogP) is 3.19. The van der Waals surface area contributed by atoms with Crippen LogP contribution in [-0.4, -0.2) is 29.0 Å². The maximum absolute atomic E-state index is 11.7. The second-order valence-corrected chi connectivity index (χ2v) is 6.29. The number of benzene rings is 1. The number of hydrogen-bond acceptors (Lipinski definition) is 3. The van der Waals surface area contributed by atoms with Gasteiger partial charge in [0, 0.05) is 17.1 Å². The first-order valence-corrected chi connectivity index (χ1v) is 7.39. The van der Waals surface area contributed by atoms with Crippen LogP contribution in [0.15, 0.2) is 30.5 Å². The third-order valence-corrected chi connectivity index (χ3v) is 3.27. The number of aryl methyl sites for hydroxylation is 1. The van der Waals surface area contributed by atoms with Crippen molar-refractivity contribution >= 4 is 23.3 Å². The molecule has 1 heterocycles. The van der Waals surface area contributed by atoms with Gasteiger partial charge in [-0.2, -0.15) is 0 Å². The fourth-order valence-electron chi connectivity index (χ4n) is 2.28. The quantitative estimate of drug-likeness (QED) is 0.833. The number of H-pyrrole nitrogens is 1. The molecule has 5 heteroatoms. The molecule has 2 aromatic rings. The molecule has 0 aliphatic carbocycles. The number of aromatic nitrogens is 1. The maximum Gasteiger partial charge on any atom is 0.408 e. The number of para-hydroxylation sites is 1. The molecule has 1 amide bonds. The molecule has 118 valence electrons. The van der Waals surface area contributed by atoms with Crippen LogP contribution in [0.25, 0.3) is 10.9 Å². The lowest BCUT2D eigenvalue weighted by atomic mass is 10.1. The van der Waals surface area contributed by atoms with E-state index in [-0.39, 0.29) is 0 Å². The molecule has 0 saturated carbocycles. The monoisotopic (exact) mass is 302 g/mol. The van der Waals surface area contributed by atoms with Gasteiger partial charge in [0.1, 0.15) is 11.9 Å². The molecular formula is C17H22N2O3. The average molecular weight is 302 g/mol. The zero-order valence-electron chi connectivity index (χ0n) is 13.2. The molecule has 2 N–H and O–H groups in total. The van der Waals surface area contributed by atoms with Gasteiger partial charge in [0.15, 0.2) is 0 Å². The number of alkyl carbamates (subject to hydrolysis) is 1. The van der Waals surface area contributed by atoms with E-state index in [1.54, 1.807) is 20.8 Å². The Morgan fingerprint density at radius 1 is 1.36 bits per heavy atom. The average Bonchev–Trinajstić information content (AvgIpc) is 2.84. The number of ether oxygens (including phenoxy) is 1. The molecule has 0 fully saturated rings. The number of nitrogens with one attached hydrogen (secondary N) is 2. The summed E-state index contributed by atoms with van der Waals surface area (Å²) in [6.45, 7) is 5.36. The van der Waals surface area contributed by atoms with Crippen molar-refractivity contribution in [2.75, 3.05) is 0 Å². The van der Waals surface area contributed by atoms with Gasteiger partial charge in [-0.05, 0) is 45.2 Å². The van der Waals surface area contributed by atoms with E-state index in [2.05, 4.69) is 10.3 Å². The highest BCUT2D eigenvalue weighted by Gasteiger charge is 2.19. The Labute approximate surface area is 130 Å². The summed E-state index contributed by atoms with van der Waals surface area (Å²) in [6.07, 6.45) is 3.36. The fraction of sp³-hybridized carbons (Fsp3) is 0.412. The fourth-order valence-corrected chi connectivity index (χ4v) is 2.28. The summed E-state index contributed by atoms with van der Waals surface area (Å²) in [5.74, 6) is 0. The molecule has 2 rings (SSSR count). The molecule has 0 aliphatic rings. The summed E-state index contributed by atoms with van der Waals surface area (Å²) in [7, 11) is 0. The number of carbonyl (C=O) groups is 2. The van der Waals surface area contributed by atoms with Crippen molar-refractivity contribution in [3.05, 3.63) is 36.0 Å². The van der Waals surface area contributed by atoms with Gasteiger partial charge in [-0.15, -0.1) is 0 Å². The van der Waals surface area contributed by atoms with E-state index in [0.717, 1.165) is 22.8 Å². The Hall–Kier alpha value is -2.30. The van der Waals surface area contributed by atoms with Gasteiger partial charge in [0.25, 0.3) is 0 Å². The minimum Gasteiger partial charge on any atom is -0.444 e. The Morgan fingerprint density at radius 3 is 2.77 bits per heavy atom. The number of hydrogen-bond donors (Lipinski definition) is 2. The Kier molecular flexibility index (Phi) is 4.85. The standard InChI is InChI=1S/C17H22N2O3/c1-17(2,3)22-16(21)19-13(11-20)9-8-12-10-18-15-7-5-4-6-14(12)15/h4-7,10-11,13,18H,8-9H2,1-3H3,(H,19,21). The van der Waals surface area contributed by atoms with Crippen LogP contribution in [0.1, 0.15) is 32.8 Å². The van der Waals surface area contributed by atoms with Crippen molar-refractivity contribution in [1.82, 2.24) is 10.3 Å². The molecule has 22 heavy (non-hydrogen) atoms. The van der Waals surface area contributed by atoms with E-state index < -0.39 is 17.7 Å². The molecular weight excluding hydrogens is 280 g/mol. The van der Waals surface area contributed by atoms with E-state index in [4.69, 9.17) is 4.74 Å². The Bertz CT molecular complexity index is 655. The normalized spacial score (nSPS) is 12.9. The number of aldehydes is 1. The Balaban J connectivity index is 1.94. The summed E-state index contributed by atoms with van der Waals surface area (Å²) in [6, 6.07) is 7.45. The maximum atomic E-state index is 11.7. The highest BCUT2D eigenvalue weighted by Crippen LogP contribution is 2.19. The Morgan fingerprint density at radius 2 is 2.09 bits per heavy atom. The zero-order chi connectivity index (χ0) is 16.2. The molecule has 1 aromatic heterocycles. The second kappa shape index (κ2) is 6.64. The summed E-state index contributed by atoms with van der Waals surface area (Å²) < 4.78 is 5.16. The van der Waals surface area contributed by atoms with Gasteiger partial charge >= 0.3 is 6.09 Å². The number of amides is 1. The van der Waals surface area contributed by atoms with Crippen LogP contribution in [0.3, 0.4) is 0 Å². The first-order chi connectivity index (χ1) is 10.4. The zero-order valence-corrected chi connectivity index (χ0v) is 13.2. The number of carbonyl (C=O) groups excluding carboxylic acids is 2. The first-order valence-electron chi connectivity index (χ1n) is 7.39. The summed E-state index contributed by atoms with van der Waals surface area (Å²) >= 11 is 0. The van der Waals surface area contributed by atoms with E-state index >= 15 is 0 Å². The van der Waals surface area contributed by atoms with Crippen LogP contribution < -0.4 is 5.32 Å². The lowest BCUT2D eigenvalue weighted by molar-refractivity contribution is -0.109. The van der Waals surface area contributed by atoms with Crippen molar-refractivity contribution in [1.29, 1.82) is 0 Å². The number of aromatic amines is 1. The molecule has 5 nitrogen and oxygen atoms in total. The van der Waals surface area contributed by atoms with Crippen LogP contribution >= 0.6 is 0 Å². The van der Waals surface area contributed by atoms with Crippen molar-refractivity contribution < 1.29 is 14.3 Å². The lowest BCUT2D eigenvalue weighted by Gasteiger charge is -2.21. The van der Waals surface area contributed by atoms with Gasteiger partial charge in [0.05, 0.1) is 6.04 Å². The van der Waals surface area contributed by atoms with Crippen molar-refractivity contribution in [2.24, 2.45) is 0 Å². The van der Waals surface area contributed by atoms with Crippen molar-refractivity contribution in [3.63, 3.8) is 0 Å². The van der Waals surface area contributed by atoms with E-state index in [1.807, 2.05) is 30.5 Å². The molecule has 0 aliphatic heterocycles. The van der Waals surface area contributed by atoms with Crippen molar-refractivity contribution in [3.8, 4) is 0 Å². The molecule has 1 aromatic carbocycles. The molecule has 1 unspecified atom stereocenters. The van der Waals surface area contributed by atoms with Gasteiger partial charge in [-0.25, -0.2) is 4.79 Å². The van der Waals surface area contributed by atoms with E-state index in [0.29, 0.717) is 12.8 Å². The van der Waals surface area contributed by atoms with E-state index in [9.17, 15) is 9.59 Å².